The maximum absolute atomic E-state index is 10.5. The number of rotatable bonds is 5. The predicted molar refractivity (Wildman–Crippen MR) is 55.3 cm³/mol. The van der Waals surface area contributed by atoms with Crippen molar-refractivity contribution in [3.05, 3.63) is 12.7 Å². The first-order valence-corrected chi connectivity index (χ1v) is 5.00. The third kappa shape index (κ3) is 3.89. The third-order valence-corrected chi connectivity index (χ3v) is 2.47. The molecule has 4 nitrogen and oxygen atoms in total. The second-order valence-corrected chi connectivity index (χ2v) is 3.59. The molecule has 0 atom stereocenters. The zero-order valence-electron chi connectivity index (χ0n) is 8.48. The van der Waals surface area contributed by atoms with Crippen molar-refractivity contribution < 1.29 is 9.90 Å². The van der Waals surface area contributed by atoms with Crippen molar-refractivity contribution in [1.82, 2.24) is 9.80 Å². The number of carboxylic acid groups (broad SMARTS) is 1. The lowest BCUT2D eigenvalue weighted by molar-refractivity contribution is -0.138. The fraction of sp³-hybridized carbons (Fsp3) is 0.700. The summed E-state index contributed by atoms with van der Waals surface area (Å²) >= 11 is 0. The van der Waals surface area contributed by atoms with Crippen LogP contribution < -0.4 is 0 Å². The van der Waals surface area contributed by atoms with Crippen LogP contribution in [0.25, 0.3) is 0 Å². The number of carbonyl (C=O) groups is 1. The summed E-state index contributed by atoms with van der Waals surface area (Å²) in [5.41, 5.74) is 0. The quantitative estimate of drug-likeness (QED) is 0.644. The Labute approximate surface area is 84.8 Å². The SMILES string of the molecule is C=CCCN1CCN(CC(=O)O)CC1. The maximum Gasteiger partial charge on any atom is 0.317 e. The fourth-order valence-electron chi connectivity index (χ4n) is 1.64. The molecule has 1 heterocycles. The van der Waals surface area contributed by atoms with Gasteiger partial charge in [0.1, 0.15) is 0 Å². The molecular weight excluding hydrogens is 180 g/mol. The van der Waals surface area contributed by atoms with E-state index in [1.54, 1.807) is 0 Å². The van der Waals surface area contributed by atoms with Crippen LogP contribution in [0.15, 0.2) is 12.7 Å². The van der Waals surface area contributed by atoms with E-state index < -0.39 is 5.97 Å². The summed E-state index contributed by atoms with van der Waals surface area (Å²) in [5, 5.41) is 8.60. The number of aliphatic carboxylic acids is 1. The zero-order valence-corrected chi connectivity index (χ0v) is 8.48. The molecular formula is C10H18N2O2. The molecule has 0 spiro atoms. The molecule has 0 aromatic carbocycles. The number of piperazine rings is 1. The summed E-state index contributed by atoms with van der Waals surface area (Å²) in [5.74, 6) is -0.732. The highest BCUT2D eigenvalue weighted by Gasteiger charge is 2.17. The van der Waals surface area contributed by atoms with Crippen LogP contribution in [0.4, 0.5) is 0 Å². The Kier molecular flexibility index (Phi) is 4.62. The van der Waals surface area contributed by atoms with Gasteiger partial charge in [-0.2, -0.15) is 0 Å². The second kappa shape index (κ2) is 5.78. The Morgan fingerprint density at radius 2 is 1.86 bits per heavy atom. The molecule has 0 aliphatic carbocycles. The van der Waals surface area contributed by atoms with Crippen molar-refractivity contribution in [3.8, 4) is 0 Å². The molecule has 0 bridgehead atoms. The van der Waals surface area contributed by atoms with Gasteiger partial charge in [0.2, 0.25) is 0 Å². The van der Waals surface area contributed by atoms with Crippen molar-refractivity contribution in [2.45, 2.75) is 6.42 Å². The van der Waals surface area contributed by atoms with E-state index in [4.69, 9.17) is 5.11 Å². The van der Waals surface area contributed by atoms with Crippen LogP contribution >= 0.6 is 0 Å². The van der Waals surface area contributed by atoms with Gasteiger partial charge >= 0.3 is 5.97 Å². The molecule has 1 aliphatic heterocycles. The van der Waals surface area contributed by atoms with Crippen LogP contribution in [0.1, 0.15) is 6.42 Å². The maximum atomic E-state index is 10.5. The van der Waals surface area contributed by atoms with E-state index in [1.165, 1.54) is 0 Å². The first-order valence-electron chi connectivity index (χ1n) is 5.00. The van der Waals surface area contributed by atoms with Crippen LogP contribution in [0.5, 0.6) is 0 Å². The molecule has 14 heavy (non-hydrogen) atoms. The molecule has 0 radical (unpaired) electrons. The molecule has 4 heteroatoms. The molecule has 0 saturated carbocycles. The van der Waals surface area contributed by atoms with Crippen LogP contribution in [0.2, 0.25) is 0 Å². The van der Waals surface area contributed by atoms with Gasteiger partial charge in [-0.05, 0) is 6.42 Å². The lowest BCUT2D eigenvalue weighted by atomic mass is 10.3. The smallest absolute Gasteiger partial charge is 0.317 e. The minimum Gasteiger partial charge on any atom is -0.480 e. The second-order valence-electron chi connectivity index (χ2n) is 3.59. The molecule has 1 saturated heterocycles. The van der Waals surface area contributed by atoms with Gasteiger partial charge in [0.15, 0.2) is 0 Å². The topological polar surface area (TPSA) is 43.8 Å². The minimum absolute atomic E-state index is 0.176. The van der Waals surface area contributed by atoms with Gasteiger partial charge in [0.05, 0.1) is 6.54 Å². The molecule has 0 amide bonds. The van der Waals surface area contributed by atoms with E-state index in [9.17, 15) is 4.79 Å². The van der Waals surface area contributed by atoms with E-state index >= 15 is 0 Å². The monoisotopic (exact) mass is 198 g/mol. The van der Waals surface area contributed by atoms with E-state index in [2.05, 4.69) is 11.5 Å². The molecule has 0 aromatic heterocycles. The fourth-order valence-corrected chi connectivity index (χ4v) is 1.64. The average molecular weight is 198 g/mol. The van der Waals surface area contributed by atoms with Gasteiger partial charge in [-0.3, -0.25) is 9.69 Å². The van der Waals surface area contributed by atoms with Crippen molar-refractivity contribution in [3.63, 3.8) is 0 Å². The summed E-state index contributed by atoms with van der Waals surface area (Å²) in [6.07, 6.45) is 2.93. The van der Waals surface area contributed by atoms with E-state index in [-0.39, 0.29) is 6.54 Å². The Balaban J connectivity index is 2.17. The van der Waals surface area contributed by atoms with Gasteiger partial charge < -0.3 is 10.0 Å². The zero-order chi connectivity index (χ0) is 10.4. The predicted octanol–water partition coefficient (Wildman–Crippen LogP) is 0.265. The summed E-state index contributed by atoms with van der Waals surface area (Å²) in [6.45, 7) is 8.58. The Morgan fingerprint density at radius 3 is 2.36 bits per heavy atom. The Hall–Kier alpha value is -0.870. The van der Waals surface area contributed by atoms with Gasteiger partial charge in [-0.25, -0.2) is 0 Å². The Bertz CT molecular complexity index is 198. The first-order chi connectivity index (χ1) is 6.72. The van der Waals surface area contributed by atoms with Crippen LogP contribution in [-0.4, -0.2) is 60.1 Å². The van der Waals surface area contributed by atoms with Crippen molar-refractivity contribution in [1.29, 1.82) is 0 Å². The summed E-state index contributed by atoms with van der Waals surface area (Å²) in [7, 11) is 0. The molecule has 0 unspecified atom stereocenters. The van der Waals surface area contributed by atoms with Gasteiger partial charge in [0.25, 0.3) is 0 Å². The van der Waals surface area contributed by atoms with E-state index in [1.807, 2.05) is 11.0 Å². The lowest BCUT2D eigenvalue weighted by Gasteiger charge is -2.33. The summed E-state index contributed by atoms with van der Waals surface area (Å²) in [4.78, 5) is 14.8. The number of nitrogens with zero attached hydrogens (tertiary/aromatic N) is 2. The highest BCUT2D eigenvalue weighted by Crippen LogP contribution is 2.01. The average Bonchev–Trinajstić information content (AvgIpc) is 2.16. The number of carboxylic acids is 1. The lowest BCUT2D eigenvalue weighted by Crippen LogP contribution is -2.47. The Morgan fingerprint density at radius 1 is 1.29 bits per heavy atom. The third-order valence-electron chi connectivity index (χ3n) is 2.47. The number of hydrogen-bond donors (Lipinski definition) is 1. The normalized spacial score (nSPS) is 19.4. The van der Waals surface area contributed by atoms with Crippen molar-refractivity contribution in [2.24, 2.45) is 0 Å². The van der Waals surface area contributed by atoms with Gasteiger partial charge in [0, 0.05) is 32.7 Å². The van der Waals surface area contributed by atoms with Crippen molar-refractivity contribution in [2.75, 3.05) is 39.3 Å². The number of hydrogen-bond acceptors (Lipinski definition) is 3. The summed E-state index contributed by atoms with van der Waals surface area (Å²) in [6, 6.07) is 0. The van der Waals surface area contributed by atoms with Gasteiger partial charge in [-0.1, -0.05) is 6.08 Å². The molecule has 1 rings (SSSR count). The molecule has 0 aromatic rings. The molecule has 80 valence electrons. The summed E-state index contributed by atoms with van der Waals surface area (Å²) < 4.78 is 0. The van der Waals surface area contributed by atoms with Crippen molar-refractivity contribution >= 4 is 5.97 Å². The molecule has 1 aliphatic rings. The molecule has 1 fully saturated rings. The van der Waals surface area contributed by atoms with Crippen LogP contribution in [0, 0.1) is 0 Å². The van der Waals surface area contributed by atoms with Gasteiger partial charge in [-0.15, -0.1) is 6.58 Å². The first kappa shape index (κ1) is 11.2. The largest absolute Gasteiger partial charge is 0.480 e. The molecule has 1 N–H and O–H groups in total. The standard InChI is InChI=1S/C10H18N2O2/c1-2-3-4-11-5-7-12(8-6-11)9-10(13)14/h2H,1,3-9H2,(H,13,14). The van der Waals surface area contributed by atoms with Crippen LogP contribution in [-0.2, 0) is 4.79 Å². The van der Waals surface area contributed by atoms with E-state index in [0.717, 1.165) is 39.1 Å². The van der Waals surface area contributed by atoms with Crippen LogP contribution in [0.3, 0.4) is 0 Å². The highest BCUT2D eigenvalue weighted by atomic mass is 16.4. The minimum atomic E-state index is -0.732. The highest BCUT2D eigenvalue weighted by molar-refractivity contribution is 5.69. The van der Waals surface area contributed by atoms with E-state index in [0.29, 0.717) is 0 Å².